The standard InChI is InChI=1S/C10H11ClN4O3/c11-10-12-2-5-9(14-10)15(4-13-5)8-1-6(17)7(3-16)18-8/h2,4,6-8,16-17H,1,3H2/t6-,7+,8-/m1/s1. The third-order valence-electron chi connectivity index (χ3n) is 2.98. The molecule has 3 rings (SSSR count). The third-order valence-corrected chi connectivity index (χ3v) is 3.16. The maximum Gasteiger partial charge on any atom is 0.224 e. The second-order valence-corrected chi connectivity index (χ2v) is 4.45. The Bertz CT molecular complexity index is 575. The Morgan fingerprint density at radius 2 is 2.33 bits per heavy atom. The van der Waals surface area contributed by atoms with Crippen LogP contribution in [0, 0.1) is 0 Å². The molecule has 2 N–H and O–H groups in total. The van der Waals surface area contributed by atoms with Gasteiger partial charge in [0, 0.05) is 6.42 Å². The first-order valence-corrected chi connectivity index (χ1v) is 5.86. The summed E-state index contributed by atoms with van der Waals surface area (Å²) in [6.07, 6.45) is 1.77. The van der Waals surface area contributed by atoms with Gasteiger partial charge in [-0.2, -0.15) is 4.98 Å². The molecule has 0 spiro atoms. The molecule has 3 atom stereocenters. The molecule has 0 aromatic carbocycles. The van der Waals surface area contributed by atoms with Crippen LogP contribution < -0.4 is 0 Å². The smallest absolute Gasteiger partial charge is 0.224 e. The van der Waals surface area contributed by atoms with Crippen LogP contribution in [0.5, 0.6) is 0 Å². The summed E-state index contributed by atoms with van der Waals surface area (Å²) in [6.45, 7) is -0.222. The highest BCUT2D eigenvalue weighted by Crippen LogP contribution is 2.30. The summed E-state index contributed by atoms with van der Waals surface area (Å²) in [5.41, 5.74) is 1.15. The van der Waals surface area contributed by atoms with Crippen molar-refractivity contribution in [2.24, 2.45) is 0 Å². The minimum absolute atomic E-state index is 0.126. The number of ether oxygens (including phenoxy) is 1. The maximum atomic E-state index is 9.71. The first-order valence-electron chi connectivity index (χ1n) is 5.48. The molecule has 3 heterocycles. The van der Waals surface area contributed by atoms with E-state index in [2.05, 4.69) is 15.0 Å². The number of hydrogen-bond acceptors (Lipinski definition) is 6. The molecule has 18 heavy (non-hydrogen) atoms. The molecule has 0 aliphatic carbocycles. The monoisotopic (exact) mass is 270 g/mol. The van der Waals surface area contributed by atoms with E-state index in [-0.39, 0.29) is 11.9 Å². The summed E-state index contributed by atoms with van der Waals surface area (Å²) in [5.74, 6) is 0. The van der Waals surface area contributed by atoms with E-state index in [1.165, 1.54) is 6.20 Å². The average Bonchev–Trinajstić information content (AvgIpc) is 2.91. The topological polar surface area (TPSA) is 93.3 Å². The second kappa shape index (κ2) is 4.43. The summed E-state index contributed by atoms with van der Waals surface area (Å²) in [6, 6.07) is 0. The fourth-order valence-corrected chi connectivity index (χ4v) is 2.20. The number of imidazole rings is 1. The van der Waals surface area contributed by atoms with Crippen LogP contribution in [0.15, 0.2) is 12.5 Å². The van der Waals surface area contributed by atoms with Crippen molar-refractivity contribution in [2.75, 3.05) is 6.61 Å². The maximum absolute atomic E-state index is 9.71. The van der Waals surface area contributed by atoms with E-state index >= 15 is 0 Å². The number of aromatic nitrogens is 4. The molecule has 0 saturated carbocycles. The number of halogens is 1. The number of fused-ring (bicyclic) bond motifs is 1. The minimum atomic E-state index is -0.699. The van der Waals surface area contributed by atoms with Crippen molar-refractivity contribution in [2.45, 2.75) is 24.9 Å². The van der Waals surface area contributed by atoms with Crippen LogP contribution in [0.1, 0.15) is 12.6 Å². The van der Waals surface area contributed by atoms with E-state index in [0.717, 1.165) is 0 Å². The molecule has 7 nitrogen and oxygen atoms in total. The van der Waals surface area contributed by atoms with Crippen LogP contribution in [0.2, 0.25) is 5.28 Å². The van der Waals surface area contributed by atoms with Gasteiger partial charge in [-0.1, -0.05) is 0 Å². The van der Waals surface area contributed by atoms with Gasteiger partial charge in [0.15, 0.2) is 5.65 Å². The Morgan fingerprint density at radius 1 is 1.50 bits per heavy atom. The van der Waals surface area contributed by atoms with Gasteiger partial charge >= 0.3 is 0 Å². The van der Waals surface area contributed by atoms with Gasteiger partial charge in [-0.3, -0.25) is 4.57 Å². The molecule has 0 unspecified atom stereocenters. The van der Waals surface area contributed by atoms with Gasteiger partial charge in [0.2, 0.25) is 5.28 Å². The van der Waals surface area contributed by atoms with Crippen molar-refractivity contribution in [1.82, 2.24) is 19.5 Å². The molecule has 2 aromatic heterocycles. The molecule has 1 fully saturated rings. The highest BCUT2D eigenvalue weighted by molar-refractivity contribution is 6.28. The van der Waals surface area contributed by atoms with Crippen LogP contribution in [0.4, 0.5) is 0 Å². The Hall–Kier alpha value is -1.28. The molecule has 0 bridgehead atoms. The van der Waals surface area contributed by atoms with E-state index in [1.54, 1.807) is 10.9 Å². The average molecular weight is 271 g/mol. The van der Waals surface area contributed by atoms with Gasteiger partial charge in [0.05, 0.1) is 25.2 Å². The van der Waals surface area contributed by atoms with E-state index < -0.39 is 18.4 Å². The Balaban J connectivity index is 1.98. The fraction of sp³-hybridized carbons (Fsp3) is 0.500. The van der Waals surface area contributed by atoms with Crippen LogP contribution in [-0.2, 0) is 4.74 Å². The molecule has 1 saturated heterocycles. The summed E-state index contributed by atoms with van der Waals surface area (Å²) in [7, 11) is 0. The Labute approximate surface area is 107 Å². The molecule has 2 aromatic rings. The lowest BCUT2D eigenvalue weighted by atomic mass is 10.2. The molecule has 8 heteroatoms. The van der Waals surface area contributed by atoms with Gasteiger partial charge in [-0.25, -0.2) is 9.97 Å². The van der Waals surface area contributed by atoms with Crippen LogP contribution >= 0.6 is 11.6 Å². The number of rotatable bonds is 2. The van der Waals surface area contributed by atoms with Gasteiger partial charge in [0.1, 0.15) is 17.8 Å². The highest BCUT2D eigenvalue weighted by Gasteiger charge is 2.35. The van der Waals surface area contributed by atoms with Crippen molar-refractivity contribution in [1.29, 1.82) is 0 Å². The van der Waals surface area contributed by atoms with E-state index in [4.69, 9.17) is 21.4 Å². The number of nitrogens with zero attached hydrogens (tertiary/aromatic N) is 4. The van der Waals surface area contributed by atoms with Crippen molar-refractivity contribution in [3.05, 3.63) is 17.8 Å². The lowest BCUT2D eigenvalue weighted by Crippen LogP contribution is -2.24. The van der Waals surface area contributed by atoms with Crippen molar-refractivity contribution < 1.29 is 14.9 Å². The number of hydrogen-bond donors (Lipinski definition) is 2. The van der Waals surface area contributed by atoms with Gasteiger partial charge in [-0.15, -0.1) is 0 Å². The minimum Gasteiger partial charge on any atom is -0.394 e. The van der Waals surface area contributed by atoms with E-state index in [1.807, 2.05) is 0 Å². The summed E-state index contributed by atoms with van der Waals surface area (Å²) >= 11 is 5.75. The van der Waals surface area contributed by atoms with Crippen LogP contribution in [-0.4, -0.2) is 48.5 Å². The normalized spacial score (nSPS) is 28.1. The van der Waals surface area contributed by atoms with Crippen molar-refractivity contribution in [3.8, 4) is 0 Å². The van der Waals surface area contributed by atoms with E-state index in [9.17, 15) is 5.11 Å². The lowest BCUT2D eigenvalue weighted by Gasteiger charge is -2.13. The quantitative estimate of drug-likeness (QED) is 0.753. The molecule has 0 radical (unpaired) electrons. The molecule has 96 valence electrons. The highest BCUT2D eigenvalue weighted by atomic mass is 35.5. The Morgan fingerprint density at radius 3 is 3.06 bits per heavy atom. The van der Waals surface area contributed by atoms with Crippen molar-refractivity contribution in [3.63, 3.8) is 0 Å². The fourth-order valence-electron chi connectivity index (χ4n) is 2.07. The van der Waals surface area contributed by atoms with Crippen LogP contribution in [0.3, 0.4) is 0 Å². The predicted octanol–water partition coefficient (Wildman–Crippen LogP) is 0.120. The zero-order chi connectivity index (χ0) is 12.7. The molecule has 0 amide bonds. The second-order valence-electron chi connectivity index (χ2n) is 4.11. The number of aliphatic hydroxyl groups is 2. The molecule has 1 aliphatic heterocycles. The summed E-state index contributed by atoms with van der Waals surface area (Å²) < 4.78 is 7.22. The lowest BCUT2D eigenvalue weighted by molar-refractivity contribution is -0.0432. The zero-order valence-electron chi connectivity index (χ0n) is 9.27. The van der Waals surface area contributed by atoms with Gasteiger partial charge < -0.3 is 14.9 Å². The number of aliphatic hydroxyl groups excluding tert-OH is 2. The first kappa shape index (κ1) is 11.8. The zero-order valence-corrected chi connectivity index (χ0v) is 10.0. The SMILES string of the molecule is OC[C@@H]1O[C@@H](n2cnc3cnc(Cl)nc32)C[C@H]1O. The molecular weight excluding hydrogens is 260 g/mol. The van der Waals surface area contributed by atoms with Crippen molar-refractivity contribution >= 4 is 22.8 Å². The Kier molecular flexibility index (Phi) is 2.90. The van der Waals surface area contributed by atoms with E-state index in [0.29, 0.717) is 17.6 Å². The first-order chi connectivity index (χ1) is 8.69. The molecular formula is C10H11ClN4O3. The predicted molar refractivity (Wildman–Crippen MR) is 62.0 cm³/mol. The summed E-state index contributed by atoms with van der Waals surface area (Å²) in [4.78, 5) is 12.1. The largest absolute Gasteiger partial charge is 0.394 e. The van der Waals surface area contributed by atoms with Gasteiger partial charge in [0.25, 0.3) is 0 Å². The molecule has 1 aliphatic rings. The van der Waals surface area contributed by atoms with Gasteiger partial charge in [-0.05, 0) is 11.6 Å². The van der Waals surface area contributed by atoms with Crippen LogP contribution in [0.25, 0.3) is 11.2 Å². The summed E-state index contributed by atoms with van der Waals surface area (Å²) in [5, 5.41) is 18.9. The third kappa shape index (κ3) is 1.85.